The summed E-state index contributed by atoms with van der Waals surface area (Å²) in [5.41, 5.74) is 6.31. The number of nitrogens with two attached hydrogens (primary N) is 1. The fraction of sp³-hybridized carbons (Fsp3) is 0.600. The van der Waals surface area contributed by atoms with Crippen LogP contribution in [0, 0.1) is 5.92 Å². The number of aromatic nitrogens is 1. The van der Waals surface area contributed by atoms with Gasteiger partial charge in [0.15, 0.2) is 5.84 Å². The van der Waals surface area contributed by atoms with Gasteiger partial charge in [-0.3, -0.25) is 4.98 Å². The highest BCUT2D eigenvalue weighted by Crippen LogP contribution is 2.31. The van der Waals surface area contributed by atoms with Gasteiger partial charge in [0, 0.05) is 19.3 Å². The summed E-state index contributed by atoms with van der Waals surface area (Å²) >= 11 is 0. The van der Waals surface area contributed by atoms with Gasteiger partial charge in [0.25, 0.3) is 0 Å². The molecule has 1 aliphatic carbocycles. The SMILES string of the molecule is CC1CCC(O)(CNCc2cccnc2C(N)=NO)CC1. The van der Waals surface area contributed by atoms with Crippen LogP contribution in [-0.2, 0) is 6.54 Å². The molecule has 0 unspecified atom stereocenters. The van der Waals surface area contributed by atoms with Crippen LogP contribution in [0.4, 0.5) is 0 Å². The molecule has 0 bridgehead atoms. The van der Waals surface area contributed by atoms with Gasteiger partial charge in [-0.15, -0.1) is 0 Å². The minimum atomic E-state index is -0.620. The molecular weight excluding hydrogens is 268 g/mol. The number of oxime groups is 1. The van der Waals surface area contributed by atoms with Crippen molar-refractivity contribution in [2.24, 2.45) is 16.8 Å². The van der Waals surface area contributed by atoms with Crippen molar-refractivity contribution in [2.45, 2.75) is 44.8 Å². The zero-order valence-electron chi connectivity index (χ0n) is 12.4. The van der Waals surface area contributed by atoms with Crippen molar-refractivity contribution in [1.82, 2.24) is 10.3 Å². The van der Waals surface area contributed by atoms with Gasteiger partial charge >= 0.3 is 0 Å². The third-order valence-corrected chi connectivity index (χ3v) is 4.22. The molecule has 1 aromatic heterocycles. The van der Waals surface area contributed by atoms with Crippen molar-refractivity contribution >= 4 is 5.84 Å². The standard InChI is InChI=1S/C15H24N4O2/c1-11-4-6-15(20,7-5-11)10-17-9-12-3-2-8-18-13(12)14(16)19-21/h2-3,8,11,17,20-21H,4-7,9-10H2,1H3,(H2,16,19). The van der Waals surface area contributed by atoms with Crippen molar-refractivity contribution in [3.8, 4) is 0 Å². The van der Waals surface area contributed by atoms with Gasteiger partial charge in [-0.1, -0.05) is 18.1 Å². The Bertz CT molecular complexity index is 496. The number of nitrogens with zero attached hydrogens (tertiary/aromatic N) is 2. The monoisotopic (exact) mass is 292 g/mol. The van der Waals surface area contributed by atoms with Gasteiger partial charge in [-0.25, -0.2) is 0 Å². The molecule has 6 nitrogen and oxygen atoms in total. The molecule has 1 aromatic rings. The number of rotatable bonds is 5. The molecule has 0 amide bonds. The summed E-state index contributed by atoms with van der Waals surface area (Å²) in [6, 6.07) is 3.68. The minimum Gasteiger partial charge on any atom is -0.409 e. The summed E-state index contributed by atoms with van der Waals surface area (Å²) in [5, 5.41) is 25.6. The van der Waals surface area contributed by atoms with Gasteiger partial charge in [0.05, 0.1) is 5.60 Å². The molecule has 1 aliphatic rings. The molecule has 1 fully saturated rings. The van der Waals surface area contributed by atoms with Crippen LogP contribution in [0.25, 0.3) is 0 Å². The zero-order chi connectivity index (χ0) is 15.3. The number of hydrogen-bond acceptors (Lipinski definition) is 5. The Morgan fingerprint density at radius 3 is 2.90 bits per heavy atom. The maximum absolute atomic E-state index is 10.5. The fourth-order valence-corrected chi connectivity index (χ4v) is 2.77. The minimum absolute atomic E-state index is 0.00222. The van der Waals surface area contributed by atoms with Crippen LogP contribution in [0.1, 0.15) is 43.9 Å². The summed E-state index contributed by atoms with van der Waals surface area (Å²) in [7, 11) is 0. The summed E-state index contributed by atoms with van der Waals surface area (Å²) in [6.07, 6.45) is 5.41. The molecule has 21 heavy (non-hydrogen) atoms. The molecule has 6 heteroatoms. The van der Waals surface area contributed by atoms with Crippen LogP contribution in [-0.4, -0.2) is 33.3 Å². The van der Waals surface area contributed by atoms with E-state index >= 15 is 0 Å². The second-order valence-electron chi connectivity index (χ2n) is 6.01. The summed E-state index contributed by atoms with van der Waals surface area (Å²) in [6.45, 7) is 3.30. The average Bonchev–Trinajstić information content (AvgIpc) is 2.50. The summed E-state index contributed by atoms with van der Waals surface area (Å²) in [4.78, 5) is 4.12. The third kappa shape index (κ3) is 4.15. The number of aliphatic hydroxyl groups is 1. The first-order valence-corrected chi connectivity index (χ1v) is 7.39. The van der Waals surface area contributed by atoms with E-state index in [1.165, 1.54) is 0 Å². The van der Waals surface area contributed by atoms with Crippen LogP contribution >= 0.6 is 0 Å². The van der Waals surface area contributed by atoms with Crippen molar-refractivity contribution in [3.05, 3.63) is 29.6 Å². The Kier molecular flexibility index (Phi) is 5.14. The fourth-order valence-electron chi connectivity index (χ4n) is 2.77. The topological polar surface area (TPSA) is 104 Å². The molecule has 1 saturated carbocycles. The van der Waals surface area contributed by atoms with Gasteiger partial charge in [-0.2, -0.15) is 0 Å². The predicted octanol–water partition coefficient (Wildman–Crippen LogP) is 1.21. The molecule has 0 saturated heterocycles. The Labute approximate surface area is 125 Å². The molecular formula is C15H24N4O2. The molecule has 116 valence electrons. The maximum atomic E-state index is 10.5. The van der Waals surface area contributed by atoms with Crippen molar-refractivity contribution in [2.75, 3.05) is 6.54 Å². The van der Waals surface area contributed by atoms with E-state index in [0.717, 1.165) is 31.2 Å². The first kappa shape index (κ1) is 15.7. The Morgan fingerprint density at radius 2 is 2.24 bits per heavy atom. The third-order valence-electron chi connectivity index (χ3n) is 4.22. The van der Waals surface area contributed by atoms with E-state index < -0.39 is 5.60 Å². The number of amidine groups is 1. The van der Waals surface area contributed by atoms with E-state index in [4.69, 9.17) is 10.9 Å². The lowest BCUT2D eigenvalue weighted by Gasteiger charge is -2.35. The zero-order valence-corrected chi connectivity index (χ0v) is 12.4. The predicted molar refractivity (Wildman–Crippen MR) is 81.0 cm³/mol. The number of hydrogen-bond donors (Lipinski definition) is 4. The lowest BCUT2D eigenvalue weighted by atomic mass is 9.79. The molecule has 2 rings (SSSR count). The van der Waals surface area contributed by atoms with Crippen LogP contribution in [0.3, 0.4) is 0 Å². The van der Waals surface area contributed by atoms with E-state index in [2.05, 4.69) is 22.4 Å². The second-order valence-corrected chi connectivity index (χ2v) is 6.01. The maximum Gasteiger partial charge on any atom is 0.189 e. The first-order chi connectivity index (χ1) is 10.0. The van der Waals surface area contributed by atoms with Crippen LogP contribution in [0.2, 0.25) is 0 Å². The lowest BCUT2D eigenvalue weighted by molar-refractivity contribution is -0.00630. The van der Waals surface area contributed by atoms with Crippen LogP contribution in [0.5, 0.6) is 0 Å². The second kappa shape index (κ2) is 6.87. The Morgan fingerprint density at radius 1 is 1.52 bits per heavy atom. The normalized spacial score (nSPS) is 26.8. The molecule has 1 heterocycles. The Hall–Kier alpha value is -1.66. The molecule has 0 spiro atoms. The number of pyridine rings is 1. The van der Waals surface area contributed by atoms with Crippen LogP contribution in [0.15, 0.2) is 23.5 Å². The highest BCUT2D eigenvalue weighted by atomic mass is 16.4. The lowest BCUT2D eigenvalue weighted by Crippen LogP contribution is -2.43. The smallest absolute Gasteiger partial charge is 0.189 e. The number of nitrogens with one attached hydrogen (secondary N) is 1. The van der Waals surface area contributed by atoms with E-state index in [0.29, 0.717) is 24.7 Å². The van der Waals surface area contributed by atoms with Gasteiger partial charge in [0.1, 0.15) is 5.69 Å². The largest absolute Gasteiger partial charge is 0.409 e. The molecule has 0 aromatic carbocycles. The van der Waals surface area contributed by atoms with E-state index in [9.17, 15) is 5.11 Å². The van der Waals surface area contributed by atoms with E-state index in [-0.39, 0.29) is 5.84 Å². The van der Waals surface area contributed by atoms with Crippen molar-refractivity contribution in [3.63, 3.8) is 0 Å². The first-order valence-electron chi connectivity index (χ1n) is 7.39. The van der Waals surface area contributed by atoms with E-state index in [1.807, 2.05) is 12.1 Å². The van der Waals surface area contributed by atoms with Gasteiger partial charge in [0.2, 0.25) is 0 Å². The van der Waals surface area contributed by atoms with Crippen molar-refractivity contribution in [1.29, 1.82) is 0 Å². The quantitative estimate of drug-likeness (QED) is 0.283. The molecule has 0 aliphatic heterocycles. The van der Waals surface area contributed by atoms with Gasteiger partial charge in [-0.05, 0) is 43.2 Å². The van der Waals surface area contributed by atoms with Crippen molar-refractivity contribution < 1.29 is 10.3 Å². The highest BCUT2D eigenvalue weighted by Gasteiger charge is 2.31. The molecule has 0 atom stereocenters. The highest BCUT2D eigenvalue weighted by molar-refractivity contribution is 5.96. The Balaban J connectivity index is 1.92. The molecule has 5 N–H and O–H groups in total. The molecule has 0 radical (unpaired) electrons. The van der Waals surface area contributed by atoms with Gasteiger partial charge < -0.3 is 21.4 Å². The van der Waals surface area contributed by atoms with Crippen LogP contribution < -0.4 is 11.1 Å². The van der Waals surface area contributed by atoms with E-state index in [1.54, 1.807) is 6.20 Å². The summed E-state index contributed by atoms with van der Waals surface area (Å²) < 4.78 is 0. The summed E-state index contributed by atoms with van der Waals surface area (Å²) in [5.74, 6) is 0.702. The average molecular weight is 292 g/mol.